The first-order valence-corrected chi connectivity index (χ1v) is 9.29. The Labute approximate surface area is 162 Å². The quantitative estimate of drug-likeness (QED) is 0.776. The van der Waals surface area contributed by atoms with Gasteiger partial charge < -0.3 is 15.4 Å². The molecule has 0 aliphatic carbocycles. The number of rotatable bonds is 6. The van der Waals surface area contributed by atoms with E-state index in [0.717, 1.165) is 17.5 Å². The molecule has 0 bridgehead atoms. The molecule has 2 N–H and O–H groups in total. The van der Waals surface area contributed by atoms with Crippen LogP contribution in [0.4, 0.5) is 13.2 Å². The Morgan fingerprint density at radius 3 is 2.43 bits per heavy atom. The predicted molar refractivity (Wildman–Crippen MR) is 99.8 cm³/mol. The molecule has 2 aromatic carbocycles. The number of carbonyl (C=O) groups is 1. The molecule has 1 heterocycles. The van der Waals surface area contributed by atoms with E-state index < -0.39 is 6.36 Å². The number of hydrogen-bond donors (Lipinski definition) is 2. The predicted octanol–water partition coefficient (Wildman–Crippen LogP) is 4.16. The minimum atomic E-state index is -4.72. The van der Waals surface area contributed by atoms with E-state index in [1.54, 1.807) is 12.1 Å². The van der Waals surface area contributed by atoms with Crippen LogP contribution >= 0.6 is 0 Å². The minimum absolute atomic E-state index is 0.0543. The van der Waals surface area contributed by atoms with Crippen molar-refractivity contribution in [2.24, 2.45) is 5.92 Å². The van der Waals surface area contributed by atoms with Crippen LogP contribution in [0.25, 0.3) is 0 Å². The summed E-state index contributed by atoms with van der Waals surface area (Å²) in [6.45, 7) is 3.14. The smallest absolute Gasteiger partial charge is 0.406 e. The zero-order valence-electron chi connectivity index (χ0n) is 15.5. The van der Waals surface area contributed by atoms with E-state index in [0.29, 0.717) is 13.1 Å². The van der Waals surface area contributed by atoms with Gasteiger partial charge in [-0.25, -0.2) is 0 Å². The maximum absolute atomic E-state index is 12.9. The molecule has 150 valence electrons. The van der Waals surface area contributed by atoms with Crippen molar-refractivity contribution in [3.63, 3.8) is 0 Å². The highest BCUT2D eigenvalue weighted by Gasteiger charge is 2.35. The van der Waals surface area contributed by atoms with Gasteiger partial charge in [0, 0.05) is 19.0 Å². The molecular weight excluding hydrogens is 369 g/mol. The average molecular weight is 392 g/mol. The van der Waals surface area contributed by atoms with Crippen LogP contribution in [0.15, 0.2) is 54.6 Å². The molecule has 0 saturated carbocycles. The van der Waals surface area contributed by atoms with Crippen LogP contribution in [0.1, 0.15) is 36.4 Å². The Morgan fingerprint density at radius 1 is 1.14 bits per heavy atom. The van der Waals surface area contributed by atoms with Gasteiger partial charge >= 0.3 is 6.36 Å². The molecule has 2 aromatic rings. The zero-order valence-corrected chi connectivity index (χ0v) is 15.5. The van der Waals surface area contributed by atoms with Gasteiger partial charge in [0.1, 0.15) is 5.75 Å². The molecular formula is C21H23F3N2O2. The second kappa shape index (κ2) is 8.65. The third-order valence-corrected chi connectivity index (χ3v) is 5.02. The lowest BCUT2D eigenvalue weighted by Gasteiger charge is -2.23. The third-order valence-electron chi connectivity index (χ3n) is 5.02. The van der Waals surface area contributed by atoms with Gasteiger partial charge in [-0.3, -0.25) is 4.79 Å². The number of amides is 1. The van der Waals surface area contributed by atoms with Gasteiger partial charge in [0.2, 0.25) is 5.91 Å². The Balaban J connectivity index is 1.69. The number of halogens is 3. The summed E-state index contributed by atoms with van der Waals surface area (Å²) in [6.07, 6.45) is -3.95. The van der Waals surface area contributed by atoms with E-state index in [1.165, 1.54) is 12.1 Å². The number of hydrogen-bond acceptors (Lipinski definition) is 3. The topological polar surface area (TPSA) is 50.4 Å². The molecule has 28 heavy (non-hydrogen) atoms. The third kappa shape index (κ3) is 5.04. The van der Waals surface area contributed by atoms with Crippen LogP contribution < -0.4 is 15.4 Å². The maximum atomic E-state index is 12.9. The van der Waals surface area contributed by atoms with Crippen LogP contribution in [0.3, 0.4) is 0 Å². The van der Waals surface area contributed by atoms with E-state index >= 15 is 0 Å². The molecule has 0 spiro atoms. The van der Waals surface area contributed by atoms with Crippen molar-refractivity contribution in [1.82, 2.24) is 10.6 Å². The van der Waals surface area contributed by atoms with Crippen molar-refractivity contribution in [2.45, 2.75) is 31.7 Å². The van der Waals surface area contributed by atoms with E-state index in [9.17, 15) is 18.0 Å². The summed E-state index contributed by atoms with van der Waals surface area (Å²) >= 11 is 0. The van der Waals surface area contributed by atoms with Crippen molar-refractivity contribution in [3.8, 4) is 5.75 Å². The lowest BCUT2D eigenvalue weighted by molar-refractivity contribution is -0.274. The molecule has 0 unspecified atom stereocenters. The van der Waals surface area contributed by atoms with Crippen molar-refractivity contribution < 1.29 is 22.7 Å². The Kier molecular flexibility index (Phi) is 6.24. The van der Waals surface area contributed by atoms with Gasteiger partial charge in [-0.05, 0) is 29.7 Å². The van der Waals surface area contributed by atoms with Crippen molar-refractivity contribution >= 4 is 5.91 Å². The first kappa shape index (κ1) is 20.2. The van der Waals surface area contributed by atoms with Gasteiger partial charge in [-0.2, -0.15) is 0 Å². The molecule has 1 fully saturated rings. The summed E-state index contributed by atoms with van der Waals surface area (Å²) in [7, 11) is 0. The molecule has 0 aromatic heterocycles. The molecule has 0 radical (unpaired) electrons. The van der Waals surface area contributed by atoms with Crippen LogP contribution in [0, 0.1) is 5.92 Å². The van der Waals surface area contributed by atoms with E-state index in [1.807, 2.05) is 37.3 Å². The second-order valence-electron chi connectivity index (χ2n) is 6.87. The lowest BCUT2D eigenvalue weighted by atomic mass is 9.88. The summed E-state index contributed by atoms with van der Waals surface area (Å²) in [5.41, 5.74) is 1.86. The fourth-order valence-corrected chi connectivity index (χ4v) is 3.61. The van der Waals surface area contributed by atoms with Gasteiger partial charge in [0.25, 0.3) is 0 Å². The highest BCUT2D eigenvalue weighted by molar-refractivity contribution is 5.81. The van der Waals surface area contributed by atoms with Gasteiger partial charge in [-0.1, -0.05) is 49.4 Å². The van der Waals surface area contributed by atoms with Crippen LogP contribution in [-0.2, 0) is 4.79 Å². The molecule has 4 nitrogen and oxygen atoms in total. The van der Waals surface area contributed by atoms with Gasteiger partial charge in [0.05, 0.1) is 12.0 Å². The number of benzene rings is 2. The molecule has 7 heteroatoms. The van der Waals surface area contributed by atoms with Crippen LogP contribution in [0.5, 0.6) is 5.75 Å². The summed E-state index contributed by atoms with van der Waals surface area (Å²) < 4.78 is 40.9. The minimum Gasteiger partial charge on any atom is -0.406 e. The largest absolute Gasteiger partial charge is 0.573 e. The van der Waals surface area contributed by atoms with Gasteiger partial charge in [-0.15, -0.1) is 13.2 Å². The Bertz CT molecular complexity index is 778. The average Bonchev–Trinajstić information content (AvgIpc) is 3.16. The maximum Gasteiger partial charge on any atom is 0.573 e. The molecule has 1 aliphatic rings. The van der Waals surface area contributed by atoms with E-state index in [-0.39, 0.29) is 29.5 Å². The summed E-state index contributed by atoms with van der Waals surface area (Å²) in [5, 5.41) is 6.33. The lowest BCUT2D eigenvalue weighted by Crippen LogP contribution is -2.36. The SMILES string of the molecule is CC[C@H](NC(=O)[C@@H]1CNC[C@H]1c1ccc(OC(F)(F)F)cc1)c1ccccc1. The normalized spacial score (nSPS) is 20.6. The highest BCUT2D eigenvalue weighted by Crippen LogP contribution is 2.31. The highest BCUT2D eigenvalue weighted by atomic mass is 19.4. The molecule has 1 saturated heterocycles. The van der Waals surface area contributed by atoms with Crippen LogP contribution in [-0.4, -0.2) is 25.4 Å². The molecule has 3 atom stereocenters. The van der Waals surface area contributed by atoms with Gasteiger partial charge in [0.15, 0.2) is 0 Å². The van der Waals surface area contributed by atoms with Crippen molar-refractivity contribution in [1.29, 1.82) is 0 Å². The summed E-state index contributed by atoms with van der Waals surface area (Å²) in [5.74, 6) is -0.708. The Morgan fingerprint density at radius 2 is 1.82 bits per heavy atom. The summed E-state index contributed by atoms with van der Waals surface area (Å²) in [6, 6.07) is 15.5. The number of alkyl halides is 3. The Hall–Kier alpha value is -2.54. The first-order valence-electron chi connectivity index (χ1n) is 9.29. The number of nitrogens with one attached hydrogen (secondary N) is 2. The van der Waals surface area contributed by atoms with Crippen molar-refractivity contribution in [2.75, 3.05) is 13.1 Å². The second-order valence-corrected chi connectivity index (χ2v) is 6.87. The summed E-state index contributed by atoms with van der Waals surface area (Å²) in [4.78, 5) is 12.9. The molecule has 1 aliphatic heterocycles. The zero-order chi connectivity index (χ0) is 20.1. The van der Waals surface area contributed by atoms with E-state index in [2.05, 4.69) is 15.4 Å². The molecule has 3 rings (SSSR count). The molecule has 1 amide bonds. The first-order chi connectivity index (χ1) is 13.4. The number of ether oxygens (including phenoxy) is 1. The fraction of sp³-hybridized carbons (Fsp3) is 0.381. The van der Waals surface area contributed by atoms with E-state index in [4.69, 9.17) is 0 Å². The van der Waals surface area contributed by atoms with Crippen LogP contribution in [0.2, 0.25) is 0 Å². The standard InChI is InChI=1S/C21H23F3N2O2/c1-2-19(15-6-4-3-5-7-15)26-20(27)18-13-25-12-17(18)14-8-10-16(11-9-14)28-21(22,23)24/h3-11,17-19,25H,2,12-13H2,1H3,(H,26,27)/t17-,18+,19-/m0/s1. The van der Waals surface area contributed by atoms with Crippen molar-refractivity contribution in [3.05, 3.63) is 65.7 Å². The fourth-order valence-electron chi connectivity index (χ4n) is 3.61. The monoisotopic (exact) mass is 392 g/mol. The number of carbonyl (C=O) groups excluding carboxylic acids is 1.